The highest BCUT2D eigenvalue weighted by Gasteiger charge is 2.19. The Labute approximate surface area is 86.8 Å². The lowest BCUT2D eigenvalue weighted by Crippen LogP contribution is -1.99. The van der Waals surface area contributed by atoms with Crippen molar-refractivity contribution >= 4 is 5.78 Å². The van der Waals surface area contributed by atoms with Gasteiger partial charge in [0.25, 0.3) is 0 Å². The second-order valence-electron chi connectivity index (χ2n) is 3.50. The number of halogens is 1. The summed E-state index contributed by atoms with van der Waals surface area (Å²) in [7, 11) is 0. The van der Waals surface area contributed by atoms with E-state index in [1.54, 1.807) is 12.1 Å². The van der Waals surface area contributed by atoms with E-state index in [9.17, 15) is 9.18 Å². The molecule has 0 radical (unpaired) electrons. The van der Waals surface area contributed by atoms with Gasteiger partial charge in [-0.3, -0.25) is 4.79 Å². The standard InChI is InChI=1S/C11H11FO3/c1-7(13)2-9-3-8(5-12)4-10-11(9)15-6-14-10/h3-4H,2,5-6H2,1H3. The predicted molar refractivity (Wildman–Crippen MR) is 51.8 cm³/mol. The number of Topliss-reactive ketones (excluding diaryl/α,β-unsaturated/α-hetero) is 1. The van der Waals surface area contributed by atoms with Crippen LogP contribution in [0.2, 0.25) is 0 Å². The number of hydrogen-bond acceptors (Lipinski definition) is 3. The molecule has 1 heterocycles. The molecule has 0 amide bonds. The van der Waals surface area contributed by atoms with Crippen LogP contribution in [0.5, 0.6) is 11.5 Å². The summed E-state index contributed by atoms with van der Waals surface area (Å²) in [5.41, 5.74) is 1.21. The molecule has 3 nitrogen and oxygen atoms in total. The van der Waals surface area contributed by atoms with Gasteiger partial charge in [-0.25, -0.2) is 4.39 Å². The lowest BCUT2D eigenvalue weighted by molar-refractivity contribution is -0.116. The van der Waals surface area contributed by atoms with Crippen molar-refractivity contribution < 1.29 is 18.7 Å². The third-order valence-corrected chi connectivity index (χ3v) is 2.20. The molecule has 0 atom stereocenters. The fourth-order valence-corrected chi connectivity index (χ4v) is 1.62. The molecule has 4 heteroatoms. The molecule has 2 rings (SSSR count). The minimum Gasteiger partial charge on any atom is -0.454 e. The molecular formula is C11H11FO3. The zero-order valence-corrected chi connectivity index (χ0v) is 8.38. The van der Waals surface area contributed by atoms with Gasteiger partial charge in [0.1, 0.15) is 12.5 Å². The number of carbonyl (C=O) groups is 1. The van der Waals surface area contributed by atoms with Crippen molar-refractivity contribution in [2.75, 3.05) is 6.79 Å². The maximum atomic E-state index is 12.5. The molecule has 0 N–H and O–H groups in total. The number of ketones is 1. The van der Waals surface area contributed by atoms with Crippen LogP contribution in [0.25, 0.3) is 0 Å². The third-order valence-electron chi connectivity index (χ3n) is 2.20. The van der Waals surface area contributed by atoms with Crippen molar-refractivity contribution in [3.05, 3.63) is 23.3 Å². The monoisotopic (exact) mass is 210 g/mol. The van der Waals surface area contributed by atoms with Crippen molar-refractivity contribution in [3.8, 4) is 11.5 Å². The molecule has 1 aromatic carbocycles. The van der Waals surface area contributed by atoms with Crippen molar-refractivity contribution in [2.45, 2.75) is 20.0 Å². The molecule has 0 bridgehead atoms. The van der Waals surface area contributed by atoms with Crippen LogP contribution in [-0.2, 0) is 17.9 Å². The summed E-state index contributed by atoms with van der Waals surface area (Å²) in [5, 5.41) is 0. The van der Waals surface area contributed by atoms with Gasteiger partial charge in [0.05, 0.1) is 0 Å². The Bertz CT molecular complexity index is 401. The van der Waals surface area contributed by atoms with Crippen LogP contribution in [0.3, 0.4) is 0 Å². The van der Waals surface area contributed by atoms with Crippen LogP contribution >= 0.6 is 0 Å². The van der Waals surface area contributed by atoms with Gasteiger partial charge >= 0.3 is 0 Å². The molecule has 0 saturated carbocycles. The van der Waals surface area contributed by atoms with Gasteiger partial charge in [-0.1, -0.05) is 0 Å². The molecule has 0 aromatic heterocycles. The van der Waals surface area contributed by atoms with Crippen LogP contribution in [0.1, 0.15) is 18.1 Å². The first-order valence-electron chi connectivity index (χ1n) is 4.67. The molecule has 1 aliphatic rings. The van der Waals surface area contributed by atoms with Gasteiger partial charge in [-0.05, 0) is 24.6 Å². The minimum atomic E-state index is -0.568. The number of ether oxygens (including phenoxy) is 2. The van der Waals surface area contributed by atoms with E-state index in [4.69, 9.17) is 9.47 Å². The zero-order chi connectivity index (χ0) is 10.8. The molecule has 0 spiro atoms. The van der Waals surface area contributed by atoms with Crippen LogP contribution in [0.4, 0.5) is 4.39 Å². The SMILES string of the molecule is CC(=O)Cc1cc(CF)cc2c1OCO2. The average molecular weight is 210 g/mol. The summed E-state index contributed by atoms with van der Waals surface area (Å²) in [6.45, 7) is 1.06. The number of alkyl halides is 1. The first kappa shape index (κ1) is 9.96. The number of rotatable bonds is 3. The predicted octanol–water partition coefficient (Wildman–Crippen LogP) is 2.02. The average Bonchev–Trinajstić information content (AvgIpc) is 2.64. The molecule has 1 aliphatic heterocycles. The van der Waals surface area contributed by atoms with Crippen molar-refractivity contribution in [2.24, 2.45) is 0 Å². The second-order valence-corrected chi connectivity index (χ2v) is 3.50. The van der Waals surface area contributed by atoms with E-state index in [1.165, 1.54) is 6.92 Å². The highest BCUT2D eigenvalue weighted by molar-refractivity contribution is 5.79. The quantitative estimate of drug-likeness (QED) is 0.765. The van der Waals surface area contributed by atoms with Crippen LogP contribution in [-0.4, -0.2) is 12.6 Å². The second kappa shape index (κ2) is 3.88. The maximum absolute atomic E-state index is 12.5. The molecule has 80 valence electrons. The smallest absolute Gasteiger partial charge is 0.231 e. The first-order chi connectivity index (χ1) is 7.20. The zero-order valence-electron chi connectivity index (χ0n) is 8.38. The highest BCUT2D eigenvalue weighted by Crippen LogP contribution is 2.37. The van der Waals surface area contributed by atoms with Crippen molar-refractivity contribution in [1.29, 1.82) is 0 Å². The Balaban J connectivity index is 2.42. The van der Waals surface area contributed by atoms with E-state index in [-0.39, 0.29) is 19.0 Å². The Morgan fingerprint density at radius 3 is 2.93 bits per heavy atom. The largest absolute Gasteiger partial charge is 0.454 e. The van der Waals surface area contributed by atoms with Gasteiger partial charge in [-0.2, -0.15) is 0 Å². The molecule has 1 aromatic rings. The van der Waals surface area contributed by atoms with E-state index in [2.05, 4.69) is 0 Å². The Morgan fingerprint density at radius 1 is 1.47 bits per heavy atom. The van der Waals surface area contributed by atoms with Crippen molar-refractivity contribution in [3.63, 3.8) is 0 Å². The Morgan fingerprint density at radius 2 is 2.27 bits per heavy atom. The molecule has 0 saturated heterocycles. The normalized spacial score (nSPS) is 12.9. The van der Waals surface area contributed by atoms with E-state index in [1.807, 2.05) is 0 Å². The highest BCUT2D eigenvalue weighted by atomic mass is 19.1. The first-order valence-corrected chi connectivity index (χ1v) is 4.67. The van der Waals surface area contributed by atoms with Gasteiger partial charge in [0.15, 0.2) is 11.5 Å². The van der Waals surface area contributed by atoms with Gasteiger partial charge in [0.2, 0.25) is 6.79 Å². The van der Waals surface area contributed by atoms with E-state index < -0.39 is 6.67 Å². The fraction of sp³-hybridized carbons (Fsp3) is 0.364. The molecule has 0 fully saturated rings. The van der Waals surface area contributed by atoms with Crippen LogP contribution < -0.4 is 9.47 Å². The van der Waals surface area contributed by atoms with Gasteiger partial charge < -0.3 is 9.47 Å². The lowest BCUT2D eigenvalue weighted by Gasteiger charge is -2.05. The Kier molecular flexibility index (Phi) is 2.58. The summed E-state index contributed by atoms with van der Waals surface area (Å²) < 4.78 is 22.9. The van der Waals surface area contributed by atoms with Crippen LogP contribution in [0, 0.1) is 0 Å². The summed E-state index contributed by atoms with van der Waals surface area (Å²) in [6, 6.07) is 3.25. The number of carbonyl (C=O) groups excluding carboxylic acids is 1. The van der Waals surface area contributed by atoms with Gasteiger partial charge in [0, 0.05) is 12.0 Å². The number of hydrogen-bond donors (Lipinski definition) is 0. The van der Waals surface area contributed by atoms with E-state index in [0.29, 0.717) is 22.6 Å². The fourth-order valence-electron chi connectivity index (χ4n) is 1.62. The molecule has 15 heavy (non-hydrogen) atoms. The molecular weight excluding hydrogens is 199 g/mol. The summed E-state index contributed by atoms with van der Waals surface area (Å²) in [4.78, 5) is 11.0. The van der Waals surface area contributed by atoms with Crippen LogP contribution in [0.15, 0.2) is 12.1 Å². The van der Waals surface area contributed by atoms with E-state index >= 15 is 0 Å². The maximum Gasteiger partial charge on any atom is 0.231 e. The number of benzene rings is 1. The molecule has 0 aliphatic carbocycles. The number of fused-ring (bicyclic) bond motifs is 1. The summed E-state index contributed by atoms with van der Waals surface area (Å²) in [5.74, 6) is 1.12. The van der Waals surface area contributed by atoms with Gasteiger partial charge in [-0.15, -0.1) is 0 Å². The summed E-state index contributed by atoms with van der Waals surface area (Å²) >= 11 is 0. The third kappa shape index (κ3) is 1.93. The lowest BCUT2D eigenvalue weighted by atomic mass is 10.0. The van der Waals surface area contributed by atoms with Crippen molar-refractivity contribution in [1.82, 2.24) is 0 Å². The minimum absolute atomic E-state index is 0.0173. The topological polar surface area (TPSA) is 35.5 Å². The van der Waals surface area contributed by atoms with E-state index in [0.717, 1.165) is 0 Å². The Hall–Kier alpha value is -1.58. The summed E-state index contributed by atoms with van der Waals surface area (Å²) in [6.07, 6.45) is 0.250. The molecule has 0 unspecified atom stereocenters.